The highest BCUT2D eigenvalue weighted by Gasteiger charge is 2.42. The van der Waals surface area contributed by atoms with Crippen LogP contribution in [0.25, 0.3) is 5.69 Å². The van der Waals surface area contributed by atoms with Crippen LogP contribution in [0.1, 0.15) is 43.7 Å². The van der Waals surface area contributed by atoms with Crippen LogP contribution in [-0.2, 0) is 4.79 Å². The molecule has 2 aromatic rings. The summed E-state index contributed by atoms with van der Waals surface area (Å²) >= 11 is 1.39. The second kappa shape index (κ2) is 7.62. The first-order valence-electron chi connectivity index (χ1n) is 9.80. The maximum atomic E-state index is 12.5. The molecular formula is C20H27N5OS. The van der Waals surface area contributed by atoms with Crippen molar-refractivity contribution < 1.29 is 4.79 Å². The lowest BCUT2D eigenvalue weighted by Gasteiger charge is -2.28. The van der Waals surface area contributed by atoms with Crippen molar-refractivity contribution in [2.45, 2.75) is 57.7 Å². The summed E-state index contributed by atoms with van der Waals surface area (Å²) in [6.45, 7) is 6.25. The van der Waals surface area contributed by atoms with E-state index in [0.717, 1.165) is 28.7 Å². The van der Waals surface area contributed by atoms with Gasteiger partial charge in [0.25, 0.3) is 0 Å². The molecule has 4 rings (SSSR count). The van der Waals surface area contributed by atoms with Crippen LogP contribution in [0, 0.1) is 31.6 Å². The van der Waals surface area contributed by atoms with E-state index in [4.69, 9.17) is 0 Å². The van der Waals surface area contributed by atoms with E-state index < -0.39 is 0 Å². The molecule has 2 bridgehead atoms. The smallest absolute Gasteiger partial charge is 0.230 e. The van der Waals surface area contributed by atoms with Crippen molar-refractivity contribution in [3.05, 3.63) is 29.3 Å². The van der Waals surface area contributed by atoms with Crippen LogP contribution in [-0.4, -0.2) is 37.9 Å². The van der Waals surface area contributed by atoms with Crippen LogP contribution in [0.5, 0.6) is 0 Å². The van der Waals surface area contributed by atoms with Gasteiger partial charge in [-0.3, -0.25) is 4.79 Å². The van der Waals surface area contributed by atoms with Crippen molar-refractivity contribution in [3.8, 4) is 5.69 Å². The third-order valence-corrected chi connectivity index (χ3v) is 7.17. The number of fused-ring (bicyclic) bond motifs is 2. The van der Waals surface area contributed by atoms with E-state index >= 15 is 0 Å². The van der Waals surface area contributed by atoms with Gasteiger partial charge in [0.05, 0.1) is 11.4 Å². The summed E-state index contributed by atoms with van der Waals surface area (Å²) in [5, 5.41) is 15.9. The topological polar surface area (TPSA) is 72.7 Å². The Kier molecular flexibility index (Phi) is 5.21. The molecule has 1 aromatic carbocycles. The molecule has 2 saturated carbocycles. The summed E-state index contributed by atoms with van der Waals surface area (Å²) in [7, 11) is 0. The summed E-state index contributed by atoms with van der Waals surface area (Å²) in [5.41, 5.74) is 3.21. The second-order valence-corrected chi connectivity index (χ2v) is 9.04. The van der Waals surface area contributed by atoms with Crippen molar-refractivity contribution >= 4 is 17.7 Å². The van der Waals surface area contributed by atoms with Gasteiger partial charge in [-0.1, -0.05) is 36.4 Å². The van der Waals surface area contributed by atoms with Gasteiger partial charge < -0.3 is 5.32 Å². The Morgan fingerprint density at radius 2 is 2.07 bits per heavy atom. The number of hydrogen-bond acceptors (Lipinski definition) is 5. The van der Waals surface area contributed by atoms with E-state index in [0.29, 0.717) is 16.8 Å². The summed E-state index contributed by atoms with van der Waals surface area (Å²) in [5.74, 6) is 2.75. The number of aryl methyl sites for hydroxylation is 2. The predicted molar refractivity (Wildman–Crippen MR) is 106 cm³/mol. The Labute approximate surface area is 164 Å². The number of hydrogen-bond donors (Lipinski definition) is 1. The first-order valence-corrected chi connectivity index (χ1v) is 10.8. The molecule has 1 amide bonds. The molecule has 7 heteroatoms. The summed E-state index contributed by atoms with van der Waals surface area (Å²) < 4.78 is 1.74. The predicted octanol–water partition coefficient (Wildman–Crippen LogP) is 3.31. The number of rotatable bonds is 6. The number of carbonyl (C=O) groups excluding carboxylic acids is 1. The molecule has 0 saturated heterocycles. The van der Waals surface area contributed by atoms with Gasteiger partial charge in [0.15, 0.2) is 0 Å². The first kappa shape index (κ1) is 18.5. The van der Waals surface area contributed by atoms with E-state index in [1.165, 1.54) is 37.4 Å². The van der Waals surface area contributed by atoms with Gasteiger partial charge >= 0.3 is 0 Å². The lowest BCUT2D eigenvalue weighted by molar-refractivity contribution is -0.119. The van der Waals surface area contributed by atoms with Crippen LogP contribution in [0.3, 0.4) is 0 Å². The molecule has 4 atom stereocenters. The number of thioether (sulfide) groups is 1. The quantitative estimate of drug-likeness (QED) is 0.773. The number of carbonyl (C=O) groups is 1. The molecule has 2 fully saturated rings. The zero-order valence-corrected chi connectivity index (χ0v) is 17.0. The average molecular weight is 386 g/mol. The molecule has 1 N–H and O–H groups in total. The number of para-hydroxylation sites is 1. The number of benzene rings is 1. The molecule has 1 aromatic heterocycles. The van der Waals surface area contributed by atoms with Crippen LogP contribution in [0.4, 0.5) is 0 Å². The minimum atomic E-state index is 0.0614. The summed E-state index contributed by atoms with van der Waals surface area (Å²) in [6, 6.07) is 6.36. The Morgan fingerprint density at radius 1 is 1.30 bits per heavy atom. The van der Waals surface area contributed by atoms with Gasteiger partial charge in [-0.05, 0) is 79.3 Å². The standard InChI is InChI=1S/C20H27N5OS/c1-12-5-4-6-13(2)19(12)25-20(22-23-24-25)27-11-18(26)21-14(3)17-10-15-7-8-16(17)9-15/h4-6,14-17H,7-11H2,1-3H3,(H,21,26). The van der Waals surface area contributed by atoms with Crippen LogP contribution in [0.2, 0.25) is 0 Å². The van der Waals surface area contributed by atoms with Gasteiger partial charge in [-0.25, -0.2) is 0 Å². The molecule has 27 heavy (non-hydrogen) atoms. The third-order valence-electron chi connectivity index (χ3n) is 6.25. The summed E-state index contributed by atoms with van der Waals surface area (Å²) in [6.07, 6.45) is 5.38. The van der Waals surface area contributed by atoms with E-state index in [9.17, 15) is 4.79 Å². The van der Waals surface area contributed by atoms with Gasteiger partial charge in [0, 0.05) is 6.04 Å². The van der Waals surface area contributed by atoms with Crippen LogP contribution in [0.15, 0.2) is 23.4 Å². The second-order valence-electron chi connectivity index (χ2n) is 8.10. The Bertz CT molecular complexity index is 815. The molecule has 144 valence electrons. The highest BCUT2D eigenvalue weighted by Crippen LogP contribution is 2.49. The minimum Gasteiger partial charge on any atom is -0.353 e. The number of nitrogens with zero attached hydrogens (tertiary/aromatic N) is 4. The van der Waals surface area contributed by atoms with E-state index in [-0.39, 0.29) is 11.9 Å². The molecule has 1 heterocycles. The zero-order chi connectivity index (χ0) is 19.0. The van der Waals surface area contributed by atoms with E-state index in [1.54, 1.807) is 4.68 Å². The first-order chi connectivity index (χ1) is 13.0. The molecule has 0 radical (unpaired) electrons. The van der Waals surface area contributed by atoms with Crippen LogP contribution < -0.4 is 5.32 Å². The molecule has 4 unspecified atom stereocenters. The Balaban J connectivity index is 1.37. The van der Waals surface area contributed by atoms with E-state index in [1.807, 2.05) is 32.0 Å². The molecular weight excluding hydrogens is 358 g/mol. The maximum Gasteiger partial charge on any atom is 0.230 e. The van der Waals surface area contributed by atoms with Gasteiger partial charge in [0.2, 0.25) is 11.1 Å². The van der Waals surface area contributed by atoms with Crippen molar-refractivity contribution in [2.24, 2.45) is 17.8 Å². The number of tetrazole rings is 1. The van der Waals surface area contributed by atoms with E-state index in [2.05, 4.69) is 27.8 Å². The van der Waals surface area contributed by atoms with Crippen molar-refractivity contribution in [1.82, 2.24) is 25.5 Å². The van der Waals surface area contributed by atoms with Crippen molar-refractivity contribution in [1.29, 1.82) is 0 Å². The maximum absolute atomic E-state index is 12.5. The number of aromatic nitrogens is 4. The fourth-order valence-electron chi connectivity index (χ4n) is 4.99. The fourth-order valence-corrected chi connectivity index (χ4v) is 5.68. The highest BCUT2D eigenvalue weighted by atomic mass is 32.2. The Hall–Kier alpha value is -1.89. The normalized spacial score (nSPS) is 24.9. The summed E-state index contributed by atoms with van der Waals surface area (Å²) in [4.78, 5) is 12.5. The fraction of sp³-hybridized carbons (Fsp3) is 0.600. The van der Waals surface area contributed by atoms with Gasteiger partial charge in [0.1, 0.15) is 0 Å². The monoisotopic (exact) mass is 385 g/mol. The minimum absolute atomic E-state index is 0.0614. The van der Waals surface area contributed by atoms with Gasteiger partial charge in [-0.2, -0.15) is 4.68 Å². The molecule has 0 spiro atoms. The molecule has 0 aliphatic heterocycles. The van der Waals surface area contributed by atoms with Crippen LogP contribution >= 0.6 is 11.8 Å². The lowest BCUT2D eigenvalue weighted by Crippen LogP contribution is -2.40. The van der Waals surface area contributed by atoms with Crippen molar-refractivity contribution in [2.75, 3.05) is 5.75 Å². The number of amides is 1. The average Bonchev–Trinajstić information content (AvgIpc) is 3.37. The highest BCUT2D eigenvalue weighted by molar-refractivity contribution is 7.99. The Morgan fingerprint density at radius 3 is 2.74 bits per heavy atom. The molecule has 2 aliphatic carbocycles. The number of nitrogens with one attached hydrogen (secondary N) is 1. The van der Waals surface area contributed by atoms with Crippen molar-refractivity contribution in [3.63, 3.8) is 0 Å². The molecule has 6 nitrogen and oxygen atoms in total. The molecule has 2 aliphatic rings. The largest absolute Gasteiger partial charge is 0.353 e. The zero-order valence-electron chi connectivity index (χ0n) is 16.2. The lowest BCUT2D eigenvalue weighted by atomic mass is 9.84. The SMILES string of the molecule is Cc1cccc(C)c1-n1nnnc1SCC(=O)NC(C)C1CC2CCC1C2. The van der Waals surface area contributed by atoms with Gasteiger partial charge in [-0.15, -0.1) is 5.10 Å². The third kappa shape index (κ3) is 3.74.